The molecule has 1 aromatic rings. The number of aromatic nitrogens is 1. The van der Waals surface area contributed by atoms with Crippen LogP contribution in [0, 0.1) is 24.2 Å². The van der Waals surface area contributed by atoms with Gasteiger partial charge in [0.05, 0.1) is 5.56 Å². The number of anilines is 1. The first-order valence-corrected chi connectivity index (χ1v) is 4.91. The van der Waals surface area contributed by atoms with Crippen LogP contribution in [0.25, 0.3) is 0 Å². The Bertz CT molecular complexity index is 375. The lowest BCUT2D eigenvalue weighted by atomic mass is 10.2. The average Bonchev–Trinajstić information content (AvgIpc) is 2.98. The number of nitrogens with zero attached hydrogens (tertiary/aromatic N) is 2. The molecule has 3 heteroatoms. The fourth-order valence-corrected chi connectivity index (χ4v) is 1.34. The fraction of sp³-hybridized carbons (Fsp3) is 0.455. The maximum Gasteiger partial charge on any atom is 0.144 e. The van der Waals surface area contributed by atoms with Crippen molar-refractivity contribution in [3.05, 3.63) is 23.4 Å². The first-order chi connectivity index (χ1) is 6.79. The van der Waals surface area contributed by atoms with Crippen molar-refractivity contribution in [3.63, 3.8) is 0 Å². The molecule has 0 saturated heterocycles. The van der Waals surface area contributed by atoms with Gasteiger partial charge in [-0.25, -0.2) is 4.98 Å². The molecule has 3 nitrogen and oxygen atoms in total. The lowest BCUT2D eigenvalue weighted by Gasteiger charge is -2.06. The second-order valence-corrected chi connectivity index (χ2v) is 3.78. The average molecular weight is 187 g/mol. The second kappa shape index (κ2) is 3.67. The minimum absolute atomic E-state index is 0.635. The van der Waals surface area contributed by atoms with Gasteiger partial charge in [-0.1, -0.05) is 0 Å². The van der Waals surface area contributed by atoms with E-state index in [4.69, 9.17) is 5.26 Å². The highest BCUT2D eigenvalue weighted by Gasteiger charge is 2.21. The van der Waals surface area contributed by atoms with E-state index < -0.39 is 0 Å². The van der Waals surface area contributed by atoms with Crippen LogP contribution in [0.5, 0.6) is 0 Å². The van der Waals surface area contributed by atoms with Crippen molar-refractivity contribution in [2.24, 2.45) is 5.92 Å². The van der Waals surface area contributed by atoms with Gasteiger partial charge in [0.1, 0.15) is 11.9 Å². The molecule has 1 aliphatic carbocycles. The van der Waals surface area contributed by atoms with Gasteiger partial charge >= 0.3 is 0 Å². The molecule has 2 rings (SSSR count). The number of hydrogen-bond donors (Lipinski definition) is 1. The van der Waals surface area contributed by atoms with E-state index in [2.05, 4.69) is 16.4 Å². The Kier molecular flexibility index (Phi) is 2.36. The van der Waals surface area contributed by atoms with Gasteiger partial charge in [-0.3, -0.25) is 0 Å². The summed E-state index contributed by atoms with van der Waals surface area (Å²) >= 11 is 0. The zero-order chi connectivity index (χ0) is 9.97. The molecular weight excluding hydrogens is 174 g/mol. The summed E-state index contributed by atoms with van der Waals surface area (Å²) in [4.78, 5) is 4.31. The predicted octanol–water partition coefficient (Wildman–Crippen LogP) is 2.08. The van der Waals surface area contributed by atoms with Crippen LogP contribution in [0.4, 0.5) is 5.82 Å². The van der Waals surface area contributed by atoms with Crippen LogP contribution in [-0.2, 0) is 0 Å². The number of nitriles is 1. The van der Waals surface area contributed by atoms with Crippen molar-refractivity contribution in [1.82, 2.24) is 4.98 Å². The van der Waals surface area contributed by atoms with E-state index in [1.165, 1.54) is 12.8 Å². The molecule has 72 valence electrons. The van der Waals surface area contributed by atoms with E-state index >= 15 is 0 Å². The molecule has 0 atom stereocenters. The van der Waals surface area contributed by atoms with Crippen LogP contribution in [0.2, 0.25) is 0 Å². The maximum atomic E-state index is 8.86. The molecule has 14 heavy (non-hydrogen) atoms. The van der Waals surface area contributed by atoms with Gasteiger partial charge in [0, 0.05) is 12.2 Å². The first kappa shape index (κ1) is 9.01. The summed E-state index contributed by atoms with van der Waals surface area (Å²) in [5, 5.41) is 12.1. The maximum absolute atomic E-state index is 8.86. The molecule has 0 spiro atoms. The van der Waals surface area contributed by atoms with E-state index in [0.29, 0.717) is 5.56 Å². The van der Waals surface area contributed by atoms with Gasteiger partial charge < -0.3 is 5.32 Å². The van der Waals surface area contributed by atoms with Gasteiger partial charge in [-0.15, -0.1) is 0 Å². The molecule has 1 aromatic heterocycles. The van der Waals surface area contributed by atoms with Gasteiger partial charge in [-0.2, -0.15) is 5.26 Å². The van der Waals surface area contributed by atoms with Crippen molar-refractivity contribution < 1.29 is 0 Å². The van der Waals surface area contributed by atoms with E-state index in [0.717, 1.165) is 24.0 Å². The number of rotatable bonds is 3. The van der Waals surface area contributed by atoms with Crippen molar-refractivity contribution in [3.8, 4) is 6.07 Å². The predicted molar refractivity (Wildman–Crippen MR) is 54.9 cm³/mol. The normalized spacial score (nSPS) is 14.9. The molecule has 0 aromatic carbocycles. The van der Waals surface area contributed by atoms with Crippen LogP contribution in [0.1, 0.15) is 24.1 Å². The van der Waals surface area contributed by atoms with Crippen LogP contribution in [-0.4, -0.2) is 11.5 Å². The molecule has 1 saturated carbocycles. The molecule has 0 bridgehead atoms. The quantitative estimate of drug-likeness (QED) is 0.788. The second-order valence-electron chi connectivity index (χ2n) is 3.78. The Balaban J connectivity index is 2.12. The summed E-state index contributed by atoms with van der Waals surface area (Å²) < 4.78 is 0. The number of hydrogen-bond acceptors (Lipinski definition) is 3. The molecule has 1 N–H and O–H groups in total. The molecule has 0 amide bonds. The van der Waals surface area contributed by atoms with Gasteiger partial charge in [-0.05, 0) is 37.8 Å². The molecule has 0 unspecified atom stereocenters. The van der Waals surface area contributed by atoms with Crippen LogP contribution >= 0.6 is 0 Å². The van der Waals surface area contributed by atoms with Crippen molar-refractivity contribution in [1.29, 1.82) is 5.26 Å². The Morgan fingerprint density at radius 1 is 1.57 bits per heavy atom. The van der Waals surface area contributed by atoms with E-state index in [-0.39, 0.29) is 0 Å². The van der Waals surface area contributed by atoms with Crippen molar-refractivity contribution in [2.45, 2.75) is 19.8 Å². The Labute approximate surface area is 83.8 Å². The third-order valence-corrected chi connectivity index (χ3v) is 2.41. The van der Waals surface area contributed by atoms with Crippen LogP contribution < -0.4 is 5.32 Å². The lowest BCUT2D eigenvalue weighted by Crippen LogP contribution is -2.07. The monoisotopic (exact) mass is 187 g/mol. The number of aryl methyl sites for hydroxylation is 1. The molecule has 0 aliphatic heterocycles. The first-order valence-electron chi connectivity index (χ1n) is 4.91. The third-order valence-electron chi connectivity index (χ3n) is 2.41. The summed E-state index contributed by atoms with van der Waals surface area (Å²) in [5.41, 5.74) is 1.58. The SMILES string of the molecule is Cc1ccc(C#N)c(NCC2CC2)n1. The Morgan fingerprint density at radius 2 is 2.36 bits per heavy atom. The zero-order valence-corrected chi connectivity index (χ0v) is 8.25. The molecule has 0 radical (unpaired) electrons. The minimum atomic E-state index is 0.635. The smallest absolute Gasteiger partial charge is 0.144 e. The lowest BCUT2D eigenvalue weighted by molar-refractivity contribution is 0.880. The highest BCUT2D eigenvalue weighted by Crippen LogP contribution is 2.29. The van der Waals surface area contributed by atoms with Crippen LogP contribution in [0.15, 0.2) is 12.1 Å². The highest BCUT2D eigenvalue weighted by atomic mass is 15.0. The summed E-state index contributed by atoms with van der Waals surface area (Å²) in [6, 6.07) is 5.82. The Hall–Kier alpha value is -1.56. The van der Waals surface area contributed by atoms with Crippen molar-refractivity contribution in [2.75, 3.05) is 11.9 Å². The molecular formula is C11H13N3. The molecule has 1 aliphatic rings. The fourth-order valence-electron chi connectivity index (χ4n) is 1.34. The summed E-state index contributed by atoms with van der Waals surface area (Å²) in [7, 11) is 0. The van der Waals surface area contributed by atoms with Gasteiger partial charge in [0.2, 0.25) is 0 Å². The third kappa shape index (κ3) is 2.02. The van der Waals surface area contributed by atoms with Crippen LogP contribution in [0.3, 0.4) is 0 Å². The number of nitrogens with one attached hydrogen (secondary N) is 1. The highest BCUT2D eigenvalue weighted by molar-refractivity contribution is 5.52. The molecule has 1 heterocycles. The number of pyridine rings is 1. The summed E-state index contributed by atoms with van der Waals surface area (Å²) in [6.45, 7) is 2.88. The minimum Gasteiger partial charge on any atom is -0.369 e. The van der Waals surface area contributed by atoms with E-state index in [9.17, 15) is 0 Å². The zero-order valence-electron chi connectivity index (χ0n) is 8.25. The largest absolute Gasteiger partial charge is 0.369 e. The van der Waals surface area contributed by atoms with Gasteiger partial charge in [0.25, 0.3) is 0 Å². The van der Waals surface area contributed by atoms with Gasteiger partial charge in [0.15, 0.2) is 0 Å². The van der Waals surface area contributed by atoms with Crippen molar-refractivity contribution >= 4 is 5.82 Å². The van der Waals surface area contributed by atoms with E-state index in [1.54, 1.807) is 0 Å². The molecule has 1 fully saturated rings. The topological polar surface area (TPSA) is 48.7 Å². The summed E-state index contributed by atoms with van der Waals surface area (Å²) in [5.74, 6) is 1.53. The standard InChI is InChI=1S/C11H13N3/c1-8-2-5-10(6-12)11(14-8)13-7-9-3-4-9/h2,5,9H,3-4,7H2,1H3,(H,13,14). The van der Waals surface area contributed by atoms with E-state index in [1.807, 2.05) is 19.1 Å². The Morgan fingerprint density at radius 3 is 3.00 bits per heavy atom. The summed E-state index contributed by atoms with van der Waals surface area (Å²) in [6.07, 6.45) is 2.61.